The normalized spacial score (nSPS) is 14.8. The van der Waals surface area contributed by atoms with Crippen LogP contribution in [0.3, 0.4) is 0 Å². The summed E-state index contributed by atoms with van der Waals surface area (Å²) < 4.78 is 0. The smallest absolute Gasteiger partial charge is 0.229 e. The van der Waals surface area contributed by atoms with Crippen LogP contribution in [0, 0.1) is 0 Å². The first kappa shape index (κ1) is 16.0. The highest BCUT2D eigenvalue weighted by Gasteiger charge is 2.09. The zero-order valence-corrected chi connectivity index (χ0v) is 13.7. The Morgan fingerprint density at radius 2 is 2.26 bits per heavy atom. The molecule has 0 amide bonds. The second-order valence-electron chi connectivity index (χ2n) is 5.43. The SMILES string of the molecule is Clc1cccc(Nc2nccc(NCCCN3CCCN3)n2)c1. The fraction of sp³-hybridized carbons (Fsp3) is 0.375. The summed E-state index contributed by atoms with van der Waals surface area (Å²) >= 11 is 5.98. The fourth-order valence-corrected chi connectivity index (χ4v) is 2.67. The van der Waals surface area contributed by atoms with Crippen molar-refractivity contribution in [2.24, 2.45) is 0 Å². The Balaban J connectivity index is 1.48. The molecule has 2 aromatic rings. The molecule has 1 aromatic carbocycles. The standard InChI is InChI=1S/C16H21ClN6/c17-13-4-1-5-14(12-13)21-16-19-9-6-15(22-16)18-7-2-10-23-11-3-8-20-23/h1,4-6,9,12,20H,2-3,7-8,10-11H2,(H2,18,19,21,22). The number of hydrogen-bond acceptors (Lipinski definition) is 6. The lowest BCUT2D eigenvalue weighted by Crippen LogP contribution is -2.32. The highest BCUT2D eigenvalue weighted by Crippen LogP contribution is 2.18. The minimum Gasteiger partial charge on any atom is -0.370 e. The van der Waals surface area contributed by atoms with E-state index in [9.17, 15) is 0 Å². The maximum Gasteiger partial charge on any atom is 0.229 e. The Morgan fingerprint density at radius 1 is 1.30 bits per heavy atom. The van der Waals surface area contributed by atoms with Crippen molar-refractivity contribution in [3.05, 3.63) is 41.6 Å². The summed E-state index contributed by atoms with van der Waals surface area (Å²) in [6.07, 6.45) is 4.04. The second kappa shape index (κ2) is 8.10. The van der Waals surface area contributed by atoms with Gasteiger partial charge in [0.1, 0.15) is 5.82 Å². The molecule has 1 aliphatic rings. The second-order valence-corrected chi connectivity index (χ2v) is 5.87. The average Bonchev–Trinajstić information content (AvgIpc) is 3.05. The van der Waals surface area contributed by atoms with E-state index in [0.29, 0.717) is 11.0 Å². The van der Waals surface area contributed by atoms with E-state index in [0.717, 1.165) is 44.1 Å². The molecule has 0 aliphatic carbocycles. The fourth-order valence-electron chi connectivity index (χ4n) is 2.48. The van der Waals surface area contributed by atoms with Crippen LogP contribution in [0.2, 0.25) is 5.02 Å². The average molecular weight is 333 g/mol. The lowest BCUT2D eigenvalue weighted by Gasteiger charge is -2.15. The van der Waals surface area contributed by atoms with Gasteiger partial charge < -0.3 is 10.6 Å². The van der Waals surface area contributed by atoms with Gasteiger partial charge in [-0.05, 0) is 37.1 Å². The number of rotatable bonds is 7. The van der Waals surface area contributed by atoms with Gasteiger partial charge in [0, 0.05) is 43.1 Å². The first-order chi connectivity index (χ1) is 11.3. The molecule has 0 spiro atoms. The molecule has 0 unspecified atom stereocenters. The van der Waals surface area contributed by atoms with Crippen molar-refractivity contribution in [3.8, 4) is 0 Å². The number of nitrogens with one attached hydrogen (secondary N) is 3. The predicted octanol–water partition coefficient (Wildman–Crippen LogP) is 2.89. The summed E-state index contributed by atoms with van der Waals surface area (Å²) in [5.41, 5.74) is 4.23. The van der Waals surface area contributed by atoms with E-state index >= 15 is 0 Å². The topological polar surface area (TPSA) is 65.1 Å². The third kappa shape index (κ3) is 5.06. The van der Waals surface area contributed by atoms with Gasteiger partial charge in [0.25, 0.3) is 0 Å². The van der Waals surface area contributed by atoms with E-state index in [1.165, 1.54) is 6.42 Å². The minimum atomic E-state index is 0.554. The Kier molecular flexibility index (Phi) is 5.63. The van der Waals surface area contributed by atoms with Crippen LogP contribution in [0.15, 0.2) is 36.5 Å². The van der Waals surface area contributed by atoms with Crippen molar-refractivity contribution in [1.82, 2.24) is 20.4 Å². The zero-order chi connectivity index (χ0) is 15.9. The van der Waals surface area contributed by atoms with Crippen molar-refractivity contribution in [3.63, 3.8) is 0 Å². The summed E-state index contributed by atoms with van der Waals surface area (Å²) in [5, 5.41) is 9.44. The summed E-state index contributed by atoms with van der Waals surface area (Å²) in [5.74, 6) is 1.37. The molecule has 2 heterocycles. The lowest BCUT2D eigenvalue weighted by molar-refractivity contribution is 0.253. The highest BCUT2D eigenvalue weighted by atomic mass is 35.5. The number of hydrogen-bond donors (Lipinski definition) is 3. The van der Waals surface area contributed by atoms with Crippen LogP contribution in [0.5, 0.6) is 0 Å². The maximum absolute atomic E-state index is 5.98. The van der Waals surface area contributed by atoms with Crippen LogP contribution in [0.4, 0.5) is 17.5 Å². The van der Waals surface area contributed by atoms with Crippen molar-refractivity contribution < 1.29 is 0 Å². The van der Waals surface area contributed by atoms with E-state index < -0.39 is 0 Å². The molecule has 3 rings (SSSR count). The van der Waals surface area contributed by atoms with Crippen LogP contribution >= 0.6 is 11.6 Å². The van der Waals surface area contributed by atoms with Gasteiger partial charge in [-0.25, -0.2) is 9.99 Å². The third-order valence-electron chi connectivity index (χ3n) is 3.59. The van der Waals surface area contributed by atoms with Gasteiger partial charge in [-0.3, -0.25) is 5.43 Å². The van der Waals surface area contributed by atoms with Crippen LogP contribution < -0.4 is 16.1 Å². The van der Waals surface area contributed by atoms with Crippen LogP contribution in [0.1, 0.15) is 12.8 Å². The largest absolute Gasteiger partial charge is 0.370 e. The van der Waals surface area contributed by atoms with E-state index in [1.54, 1.807) is 6.20 Å². The Labute approximate surface area is 141 Å². The van der Waals surface area contributed by atoms with Crippen LogP contribution in [-0.4, -0.2) is 41.2 Å². The summed E-state index contributed by atoms with van der Waals surface area (Å²) in [4.78, 5) is 8.69. The molecule has 1 saturated heterocycles. The van der Waals surface area contributed by atoms with E-state index in [1.807, 2.05) is 30.3 Å². The van der Waals surface area contributed by atoms with E-state index in [4.69, 9.17) is 11.6 Å². The van der Waals surface area contributed by atoms with Crippen molar-refractivity contribution in [2.45, 2.75) is 12.8 Å². The number of aromatic nitrogens is 2. The van der Waals surface area contributed by atoms with Crippen molar-refractivity contribution >= 4 is 29.1 Å². The number of hydrazine groups is 1. The molecule has 0 atom stereocenters. The van der Waals surface area contributed by atoms with Gasteiger partial charge in [-0.1, -0.05) is 17.7 Å². The van der Waals surface area contributed by atoms with Crippen LogP contribution in [0.25, 0.3) is 0 Å². The van der Waals surface area contributed by atoms with E-state index in [2.05, 4.69) is 31.0 Å². The number of benzene rings is 1. The molecule has 23 heavy (non-hydrogen) atoms. The number of anilines is 3. The third-order valence-corrected chi connectivity index (χ3v) is 3.82. The van der Waals surface area contributed by atoms with Crippen molar-refractivity contribution in [2.75, 3.05) is 36.8 Å². The molecular weight excluding hydrogens is 312 g/mol. The number of halogens is 1. The predicted molar refractivity (Wildman–Crippen MR) is 94.1 cm³/mol. The first-order valence-electron chi connectivity index (χ1n) is 7.87. The van der Waals surface area contributed by atoms with Gasteiger partial charge in [0.05, 0.1) is 0 Å². The lowest BCUT2D eigenvalue weighted by atomic mass is 10.3. The molecule has 1 aromatic heterocycles. The summed E-state index contributed by atoms with van der Waals surface area (Å²) in [6, 6.07) is 9.36. The number of nitrogens with zero attached hydrogens (tertiary/aromatic N) is 3. The minimum absolute atomic E-state index is 0.554. The molecular formula is C16H21ClN6. The Bertz CT molecular complexity index is 629. The van der Waals surface area contributed by atoms with Gasteiger partial charge in [-0.2, -0.15) is 4.98 Å². The van der Waals surface area contributed by atoms with Crippen LogP contribution in [-0.2, 0) is 0 Å². The summed E-state index contributed by atoms with van der Waals surface area (Å²) in [7, 11) is 0. The van der Waals surface area contributed by atoms with Gasteiger partial charge in [0.15, 0.2) is 0 Å². The van der Waals surface area contributed by atoms with Gasteiger partial charge in [0.2, 0.25) is 5.95 Å². The van der Waals surface area contributed by atoms with Crippen molar-refractivity contribution in [1.29, 1.82) is 0 Å². The molecule has 1 aliphatic heterocycles. The molecule has 3 N–H and O–H groups in total. The molecule has 7 heteroatoms. The monoisotopic (exact) mass is 332 g/mol. The molecule has 122 valence electrons. The zero-order valence-electron chi connectivity index (χ0n) is 12.9. The first-order valence-corrected chi connectivity index (χ1v) is 8.25. The quantitative estimate of drug-likeness (QED) is 0.678. The van der Waals surface area contributed by atoms with Gasteiger partial charge >= 0.3 is 0 Å². The molecule has 6 nitrogen and oxygen atoms in total. The Morgan fingerprint density at radius 3 is 3.09 bits per heavy atom. The summed E-state index contributed by atoms with van der Waals surface area (Å²) in [6.45, 7) is 4.16. The highest BCUT2D eigenvalue weighted by molar-refractivity contribution is 6.30. The Hall–Kier alpha value is -1.89. The molecule has 0 saturated carbocycles. The molecule has 0 radical (unpaired) electrons. The van der Waals surface area contributed by atoms with Gasteiger partial charge in [-0.15, -0.1) is 0 Å². The molecule has 0 bridgehead atoms. The maximum atomic E-state index is 5.98. The molecule has 1 fully saturated rings. The van der Waals surface area contributed by atoms with E-state index in [-0.39, 0.29) is 0 Å².